The first-order chi connectivity index (χ1) is 13.1. The molecule has 6 heteroatoms. The van der Waals surface area contributed by atoms with Crippen LogP contribution < -0.4 is 0 Å². The first kappa shape index (κ1) is 21.5. The predicted molar refractivity (Wildman–Crippen MR) is 108 cm³/mol. The van der Waals surface area contributed by atoms with Crippen molar-refractivity contribution < 1.29 is 19.1 Å². The summed E-state index contributed by atoms with van der Waals surface area (Å²) in [7, 11) is 0. The van der Waals surface area contributed by atoms with Gasteiger partial charge in [-0.25, -0.2) is 0 Å². The highest BCUT2D eigenvalue weighted by Crippen LogP contribution is 2.23. The number of amides is 2. The number of esters is 1. The van der Waals surface area contributed by atoms with Crippen LogP contribution in [0.1, 0.15) is 78.5 Å². The second-order valence-electron chi connectivity index (χ2n) is 6.81. The molecule has 5 nitrogen and oxygen atoms in total. The molecule has 1 heterocycles. The molecule has 0 spiro atoms. The standard InChI is InChI=1S/C21H29NO4S/c1-27-16-26-19(23)14-8-6-4-2-3-5-7-11-15-22-20(24)17-12-9-10-13-18(17)21(22)25/h9-10,12-13H,2-8,11,14-16H2,1H3. The van der Waals surface area contributed by atoms with Crippen molar-refractivity contribution >= 4 is 29.5 Å². The number of carbonyl (C=O) groups is 3. The zero-order valence-corrected chi connectivity index (χ0v) is 16.9. The van der Waals surface area contributed by atoms with E-state index in [1.165, 1.54) is 16.7 Å². The Balaban J connectivity index is 1.47. The van der Waals surface area contributed by atoms with Crippen LogP contribution in [-0.4, -0.2) is 41.4 Å². The monoisotopic (exact) mass is 391 g/mol. The largest absolute Gasteiger partial charge is 0.455 e. The van der Waals surface area contributed by atoms with Crippen molar-refractivity contribution in [1.29, 1.82) is 0 Å². The summed E-state index contributed by atoms with van der Waals surface area (Å²) in [4.78, 5) is 37.2. The molecule has 0 bridgehead atoms. The van der Waals surface area contributed by atoms with Gasteiger partial charge in [0.15, 0.2) is 0 Å². The fraction of sp³-hybridized carbons (Fsp3) is 0.571. The number of fused-ring (bicyclic) bond motifs is 1. The third-order valence-electron chi connectivity index (χ3n) is 4.73. The lowest BCUT2D eigenvalue weighted by molar-refractivity contribution is -0.141. The van der Waals surface area contributed by atoms with E-state index in [1.54, 1.807) is 24.3 Å². The van der Waals surface area contributed by atoms with Gasteiger partial charge in [-0.1, -0.05) is 50.7 Å². The molecule has 2 rings (SSSR count). The van der Waals surface area contributed by atoms with E-state index in [9.17, 15) is 14.4 Å². The Morgan fingerprint density at radius 2 is 1.41 bits per heavy atom. The molecule has 148 valence electrons. The average molecular weight is 392 g/mol. The fourth-order valence-electron chi connectivity index (χ4n) is 3.24. The molecule has 1 aliphatic heterocycles. The highest BCUT2D eigenvalue weighted by atomic mass is 32.2. The summed E-state index contributed by atoms with van der Waals surface area (Å²) in [5, 5.41) is 0. The van der Waals surface area contributed by atoms with Crippen LogP contribution in [0.15, 0.2) is 24.3 Å². The first-order valence-electron chi connectivity index (χ1n) is 9.75. The molecular weight excluding hydrogens is 362 g/mol. The SMILES string of the molecule is CSCOC(=O)CCCCCCCCCCN1C(=O)c2ccccc2C1=O. The Morgan fingerprint density at radius 3 is 1.96 bits per heavy atom. The number of imide groups is 1. The Labute approximate surface area is 165 Å². The van der Waals surface area contributed by atoms with Crippen molar-refractivity contribution in [2.45, 2.75) is 57.8 Å². The highest BCUT2D eigenvalue weighted by molar-refractivity contribution is 7.98. The molecule has 0 saturated heterocycles. The number of hydrogen-bond acceptors (Lipinski definition) is 5. The number of thioether (sulfide) groups is 1. The molecule has 1 aromatic rings. The van der Waals surface area contributed by atoms with Crippen LogP contribution in [-0.2, 0) is 9.53 Å². The molecular formula is C21H29NO4S. The van der Waals surface area contributed by atoms with Crippen LogP contribution in [0.4, 0.5) is 0 Å². The van der Waals surface area contributed by atoms with Gasteiger partial charge in [0.25, 0.3) is 11.8 Å². The van der Waals surface area contributed by atoms with Gasteiger partial charge in [0, 0.05) is 13.0 Å². The second kappa shape index (κ2) is 11.8. The van der Waals surface area contributed by atoms with Crippen LogP contribution in [0.2, 0.25) is 0 Å². The van der Waals surface area contributed by atoms with E-state index < -0.39 is 0 Å². The molecule has 27 heavy (non-hydrogen) atoms. The zero-order chi connectivity index (χ0) is 19.5. The van der Waals surface area contributed by atoms with Crippen LogP contribution in [0.5, 0.6) is 0 Å². The Kier molecular flexibility index (Phi) is 9.39. The number of unbranched alkanes of at least 4 members (excludes halogenated alkanes) is 7. The number of ether oxygens (including phenoxy) is 1. The molecule has 0 unspecified atom stereocenters. The van der Waals surface area contributed by atoms with Gasteiger partial charge in [-0.2, -0.15) is 0 Å². The van der Waals surface area contributed by atoms with E-state index in [0.29, 0.717) is 30.0 Å². The topological polar surface area (TPSA) is 63.7 Å². The van der Waals surface area contributed by atoms with Gasteiger partial charge in [-0.3, -0.25) is 19.3 Å². The van der Waals surface area contributed by atoms with Gasteiger partial charge in [-0.05, 0) is 31.2 Å². The summed E-state index contributed by atoms with van der Waals surface area (Å²) in [6.45, 7) is 0.504. The van der Waals surface area contributed by atoms with Crippen molar-refractivity contribution in [3.05, 3.63) is 35.4 Å². The number of nitrogens with zero attached hydrogens (tertiary/aromatic N) is 1. The molecule has 0 atom stereocenters. The molecule has 0 radical (unpaired) electrons. The van der Waals surface area contributed by atoms with Crippen LogP contribution in [0, 0.1) is 0 Å². The lowest BCUT2D eigenvalue weighted by atomic mass is 10.1. The van der Waals surface area contributed by atoms with E-state index in [4.69, 9.17) is 4.74 Å². The van der Waals surface area contributed by atoms with Crippen molar-refractivity contribution in [1.82, 2.24) is 4.90 Å². The minimum Gasteiger partial charge on any atom is -0.455 e. The maximum absolute atomic E-state index is 12.3. The Bertz CT molecular complexity index is 612. The van der Waals surface area contributed by atoms with E-state index in [1.807, 2.05) is 6.26 Å². The number of benzene rings is 1. The third kappa shape index (κ3) is 6.69. The van der Waals surface area contributed by atoms with E-state index in [-0.39, 0.29) is 17.8 Å². The van der Waals surface area contributed by atoms with E-state index in [2.05, 4.69) is 0 Å². The summed E-state index contributed by atoms with van der Waals surface area (Å²) in [6.07, 6.45) is 10.8. The van der Waals surface area contributed by atoms with Crippen molar-refractivity contribution in [2.75, 3.05) is 18.7 Å². The maximum Gasteiger partial charge on any atom is 0.306 e. The normalized spacial score (nSPS) is 13.1. The van der Waals surface area contributed by atoms with Gasteiger partial charge in [-0.15, -0.1) is 11.8 Å². The van der Waals surface area contributed by atoms with Gasteiger partial charge < -0.3 is 4.74 Å². The van der Waals surface area contributed by atoms with Gasteiger partial charge in [0.1, 0.15) is 5.94 Å². The first-order valence-corrected chi connectivity index (χ1v) is 11.1. The van der Waals surface area contributed by atoms with E-state index in [0.717, 1.165) is 51.4 Å². The smallest absolute Gasteiger partial charge is 0.306 e. The van der Waals surface area contributed by atoms with Gasteiger partial charge >= 0.3 is 5.97 Å². The summed E-state index contributed by atoms with van der Waals surface area (Å²) in [5.74, 6) is 0.0235. The van der Waals surface area contributed by atoms with Gasteiger partial charge in [0.2, 0.25) is 0 Å². The number of rotatable bonds is 13. The molecule has 1 aromatic carbocycles. The molecule has 0 saturated carbocycles. The summed E-state index contributed by atoms with van der Waals surface area (Å²) in [5.41, 5.74) is 1.06. The number of carbonyl (C=O) groups excluding carboxylic acids is 3. The van der Waals surface area contributed by atoms with Crippen molar-refractivity contribution in [3.8, 4) is 0 Å². The summed E-state index contributed by atoms with van der Waals surface area (Å²) in [6, 6.07) is 7.03. The molecule has 0 aliphatic carbocycles. The predicted octanol–water partition coefficient (Wildman–Crippen LogP) is 4.66. The second-order valence-corrected chi connectivity index (χ2v) is 7.62. The lowest BCUT2D eigenvalue weighted by Crippen LogP contribution is -2.30. The Morgan fingerprint density at radius 1 is 0.889 bits per heavy atom. The zero-order valence-electron chi connectivity index (χ0n) is 16.1. The van der Waals surface area contributed by atoms with Crippen LogP contribution in [0.25, 0.3) is 0 Å². The summed E-state index contributed by atoms with van der Waals surface area (Å²) >= 11 is 1.51. The third-order valence-corrected chi connectivity index (χ3v) is 5.08. The van der Waals surface area contributed by atoms with Gasteiger partial charge in [0.05, 0.1) is 11.1 Å². The van der Waals surface area contributed by atoms with E-state index >= 15 is 0 Å². The fourth-order valence-corrected chi connectivity index (χ4v) is 3.49. The molecule has 2 amide bonds. The van der Waals surface area contributed by atoms with Crippen LogP contribution >= 0.6 is 11.8 Å². The minimum absolute atomic E-state index is 0.0995. The van der Waals surface area contributed by atoms with Crippen LogP contribution in [0.3, 0.4) is 0 Å². The molecule has 0 fully saturated rings. The Hall–Kier alpha value is -1.82. The van der Waals surface area contributed by atoms with Crippen molar-refractivity contribution in [3.63, 3.8) is 0 Å². The quantitative estimate of drug-likeness (QED) is 0.212. The maximum atomic E-state index is 12.3. The minimum atomic E-state index is -0.161. The average Bonchev–Trinajstić information content (AvgIpc) is 2.92. The lowest BCUT2D eigenvalue weighted by Gasteiger charge is -2.13. The highest BCUT2D eigenvalue weighted by Gasteiger charge is 2.34. The molecule has 0 aromatic heterocycles. The van der Waals surface area contributed by atoms with Crippen molar-refractivity contribution in [2.24, 2.45) is 0 Å². The molecule has 1 aliphatic rings. The molecule has 0 N–H and O–H groups in total. The number of hydrogen-bond donors (Lipinski definition) is 0. The summed E-state index contributed by atoms with van der Waals surface area (Å²) < 4.78 is 5.01.